The van der Waals surface area contributed by atoms with E-state index < -0.39 is 0 Å². The molecule has 0 aromatic rings. The molecular formula is C13H26O. The first kappa shape index (κ1) is 13.7. The van der Waals surface area contributed by atoms with Gasteiger partial charge in [-0.1, -0.05) is 45.3 Å². The summed E-state index contributed by atoms with van der Waals surface area (Å²) in [7, 11) is 0. The van der Waals surface area contributed by atoms with Crippen LogP contribution in [0, 0.1) is 11.8 Å². The normalized spacial score (nSPS) is 15.4. The molecule has 0 aromatic carbocycles. The van der Waals surface area contributed by atoms with Crippen molar-refractivity contribution in [3.63, 3.8) is 0 Å². The summed E-state index contributed by atoms with van der Waals surface area (Å²) in [6, 6.07) is 0. The predicted molar refractivity (Wildman–Crippen MR) is 63.3 cm³/mol. The number of hydrogen-bond acceptors (Lipinski definition) is 1. The molecular weight excluding hydrogens is 172 g/mol. The van der Waals surface area contributed by atoms with Crippen LogP contribution in [0.3, 0.4) is 0 Å². The molecule has 0 heterocycles. The molecule has 2 atom stereocenters. The Balaban J connectivity index is 4.26. The minimum absolute atomic E-state index is 0.162. The third-order valence-corrected chi connectivity index (χ3v) is 2.59. The molecule has 1 nitrogen and oxygen atoms in total. The van der Waals surface area contributed by atoms with E-state index in [9.17, 15) is 5.11 Å². The molecule has 0 amide bonds. The first-order valence-electron chi connectivity index (χ1n) is 5.82. The standard InChI is InChI=1S/C13H26O/c1-6-7-8-13(14)12(11(4)5)9-10(2)3/h9,11-14H,6-8H2,1-5H3/t12-,13-/m0/s1. The maximum absolute atomic E-state index is 10.0. The van der Waals surface area contributed by atoms with Gasteiger partial charge in [-0.2, -0.15) is 0 Å². The minimum Gasteiger partial charge on any atom is -0.393 e. The van der Waals surface area contributed by atoms with Gasteiger partial charge in [0.25, 0.3) is 0 Å². The predicted octanol–water partition coefficient (Wildman–Crippen LogP) is 3.78. The highest BCUT2D eigenvalue weighted by Gasteiger charge is 2.19. The molecule has 0 saturated heterocycles. The highest BCUT2D eigenvalue weighted by Crippen LogP contribution is 2.22. The summed E-state index contributed by atoms with van der Waals surface area (Å²) >= 11 is 0. The first-order chi connectivity index (χ1) is 6.49. The lowest BCUT2D eigenvalue weighted by Gasteiger charge is -2.24. The lowest BCUT2D eigenvalue weighted by atomic mass is 9.86. The average Bonchev–Trinajstić information content (AvgIpc) is 2.09. The van der Waals surface area contributed by atoms with Crippen molar-refractivity contribution in [2.24, 2.45) is 11.8 Å². The third-order valence-electron chi connectivity index (χ3n) is 2.59. The highest BCUT2D eigenvalue weighted by molar-refractivity contribution is 5.00. The Kier molecular flexibility index (Phi) is 6.90. The molecule has 0 unspecified atom stereocenters. The van der Waals surface area contributed by atoms with E-state index in [1.165, 1.54) is 5.57 Å². The molecule has 0 aliphatic heterocycles. The lowest BCUT2D eigenvalue weighted by Crippen LogP contribution is -2.23. The maximum atomic E-state index is 10.0. The fourth-order valence-electron chi connectivity index (χ4n) is 1.74. The Hall–Kier alpha value is -0.300. The van der Waals surface area contributed by atoms with Gasteiger partial charge < -0.3 is 5.11 Å². The molecule has 0 aliphatic rings. The van der Waals surface area contributed by atoms with Gasteiger partial charge in [0.1, 0.15) is 0 Å². The van der Waals surface area contributed by atoms with Crippen molar-refractivity contribution in [2.45, 2.75) is 60.0 Å². The van der Waals surface area contributed by atoms with Crippen molar-refractivity contribution < 1.29 is 5.11 Å². The van der Waals surface area contributed by atoms with Crippen LogP contribution >= 0.6 is 0 Å². The fourth-order valence-corrected chi connectivity index (χ4v) is 1.74. The summed E-state index contributed by atoms with van der Waals surface area (Å²) in [6.45, 7) is 10.7. The van der Waals surface area contributed by atoms with Crippen LogP contribution < -0.4 is 0 Å². The molecule has 0 rings (SSSR count). The van der Waals surface area contributed by atoms with Crippen LogP contribution in [0.2, 0.25) is 0 Å². The quantitative estimate of drug-likeness (QED) is 0.644. The van der Waals surface area contributed by atoms with Gasteiger partial charge in [0, 0.05) is 5.92 Å². The molecule has 84 valence electrons. The van der Waals surface area contributed by atoms with Crippen molar-refractivity contribution in [2.75, 3.05) is 0 Å². The molecule has 0 spiro atoms. The minimum atomic E-state index is -0.162. The van der Waals surface area contributed by atoms with Crippen molar-refractivity contribution in [1.29, 1.82) is 0 Å². The Labute approximate surface area is 89.2 Å². The van der Waals surface area contributed by atoms with Gasteiger partial charge >= 0.3 is 0 Å². The topological polar surface area (TPSA) is 20.2 Å². The summed E-state index contributed by atoms with van der Waals surface area (Å²) in [6.07, 6.45) is 5.27. The van der Waals surface area contributed by atoms with Crippen LogP contribution in [0.1, 0.15) is 53.9 Å². The summed E-state index contributed by atoms with van der Waals surface area (Å²) in [4.78, 5) is 0. The third kappa shape index (κ3) is 5.43. The van der Waals surface area contributed by atoms with Crippen LogP contribution in [-0.4, -0.2) is 11.2 Å². The van der Waals surface area contributed by atoms with Crippen molar-refractivity contribution in [3.8, 4) is 0 Å². The van der Waals surface area contributed by atoms with E-state index in [4.69, 9.17) is 0 Å². The second-order valence-corrected chi connectivity index (χ2v) is 4.77. The Morgan fingerprint density at radius 2 is 1.86 bits per heavy atom. The Morgan fingerprint density at radius 3 is 2.21 bits per heavy atom. The van der Waals surface area contributed by atoms with Gasteiger partial charge in [-0.25, -0.2) is 0 Å². The van der Waals surface area contributed by atoms with E-state index in [0.29, 0.717) is 11.8 Å². The largest absolute Gasteiger partial charge is 0.393 e. The number of hydrogen-bond donors (Lipinski definition) is 1. The maximum Gasteiger partial charge on any atom is 0.0605 e. The SMILES string of the molecule is CCCC[C@H](O)[C@@H](C=C(C)C)C(C)C. The van der Waals surface area contributed by atoms with Gasteiger partial charge in [0.2, 0.25) is 0 Å². The number of allylic oxidation sites excluding steroid dienone is 1. The van der Waals surface area contributed by atoms with E-state index in [0.717, 1.165) is 19.3 Å². The number of aliphatic hydroxyl groups excluding tert-OH is 1. The Morgan fingerprint density at radius 1 is 1.29 bits per heavy atom. The van der Waals surface area contributed by atoms with Crippen molar-refractivity contribution in [1.82, 2.24) is 0 Å². The fraction of sp³-hybridized carbons (Fsp3) is 0.846. The zero-order valence-electron chi connectivity index (χ0n) is 10.4. The molecule has 0 bridgehead atoms. The molecule has 14 heavy (non-hydrogen) atoms. The second-order valence-electron chi connectivity index (χ2n) is 4.77. The molecule has 0 aliphatic carbocycles. The van der Waals surface area contributed by atoms with Crippen LogP contribution in [0.15, 0.2) is 11.6 Å². The summed E-state index contributed by atoms with van der Waals surface area (Å²) < 4.78 is 0. The van der Waals surface area contributed by atoms with Crippen molar-refractivity contribution >= 4 is 0 Å². The van der Waals surface area contributed by atoms with Crippen LogP contribution in [-0.2, 0) is 0 Å². The lowest BCUT2D eigenvalue weighted by molar-refractivity contribution is 0.0960. The van der Waals surface area contributed by atoms with Gasteiger partial charge in [-0.05, 0) is 26.2 Å². The second kappa shape index (κ2) is 7.05. The molecule has 0 saturated carbocycles. The van der Waals surface area contributed by atoms with Crippen molar-refractivity contribution in [3.05, 3.63) is 11.6 Å². The molecule has 0 radical (unpaired) electrons. The monoisotopic (exact) mass is 198 g/mol. The smallest absolute Gasteiger partial charge is 0.0605 e. The zero-order chi connectivity index (χ0) is 11.1. The Bertz CT molecular complexity index is 166. The molecule has 0 aromatic heterocycles. The van der Waals surface area contributed by atoms with E-state index in [1.807, 2.05) is 0 Å². The highest BCUT2D eigenvalue weighted by atomic mass is 16.3. The van der Waals surface area contributed by atoms with E-state index in [-0.39, 0.29) is 6.10 Å². The van der Waals surface area contributed by atoms with Crippen LogP contribution in [0.5, 0.6) is 0 Å². The van der Waals surface area contributed by atoms with E-state index in [2.05, 4.69) is 40.7 Å². The summed E-state index contributed by atoms with van der Waals surface area (Å²) in [5, 5.41) is 10.0. The average molecular weight is 198 g/mol. The van der Waals surface area contributed by atoms with Gasteiger partial charge in [0.05, 0.1) is 6.10 Å². The number of unbranched alkanes of at least 4 members (excludes halogenated alkanes) is 1. The summed E-state index contributed by atoms with van der Waals surface area (Å²) in [5.74, 6) is 0.850. The van der Waals surface area contributed by atoms with Gasteiger partial charge in [-0.3, -0.25) is 0 Å². The first-order valence-corrected chi connectivity index (χ1v) is 5.82. The number of aliphatic hydroxyl groups is 1. The van der Waals surface area contributed by atoms with Crippen LogP contribution in [0.4, 0.5) is 0 Å². The van der Waals surface area contributed by atoms with E-state index >= 15 is 0 Å². The van der Waals surface area contributed by atoms with E-state index in [1.54, 1.807) is 0 Å². The molecule has 1 heteroatoms. The van der Waals surface area contributed by atoms with Crippen LogP contribution in [0.25, 0.3) is 0 Å². The number of rotatable bonds is 6. The van der Waals surface area contributed by atoms with Gasteiger partial charge in [-0.15, -0.1) is 0 Å². The zero-order valence-corrected chi connectivity index (χ0v) is 10.4. The molecule has 1 N–H and O–H groups in total. The molecule has 0 fully saturated rings. The van der Waals surface area contributed by atoms with Gasteiger partial charge in [0.15, 0.2) is 0 Å². The summed E-state index contributed by atoms with van der Waals surface area (Å²) in [5.41, 5.74) is 1.30.